The van der Waals surface area contributed by atoms with E-state index in [4.69, 9.17) is 11.6 Å². The lowest BCUT2D eigenvalue weighted by molar-refractivity contribution is -0.132. The zero-order valence-corrected chi connectivity index (χ0v) is 17.1. The number of likely N-dealkylation sites (tertiary alicyclic amines) is 1. The van der Waals surface area contributed by atoms with Crippen molar-refractivity contribution in [3.8, 4) is 11.4 Å². The summed E-state index contributed by atoms with van der Waals surface area (Å²) in [6.45, 7) is 1.78. The van der Waals surface area contributed by atoms with Gasteiger partial charge in [-0.1, -0.05) is 48.0 Å². The highest BCUT2D eigenvalue weighted by molar-refractivity contribution is 6.30. The molecular weight excluding hydrogens is 382 g/mol. The van der Waals surface area contributed by atoms with Crippen molar-refractivity contribution in [1.29, 1.82) is 0 Å². The Morgan fingerprint density at radius 2 is 1.79 bits per heavy atom. The number of amides is 1. The molecule has 5 rings (SSSR count). The lowest BCUT2D eigenvalue weighted by Crippen LogP contribution is -2.38. The normalized spacial score (nSPS) is 20.4. The minimum atomic E-state index is -0.446. The van der Waals surface area contributed by atoms with Crippen LogP contribution < -0.4 is 0 Å². The monoisotopic (exact) mass is 405 g/mol. The van der Waals surface area contributed by atoms with E-state index in [0.717, 1.165) is 42.9 Å². The summed E-state index contributed by atoms with van der Waals surface area (Å²) in [6, 6.07) is 16.4. The van der Waals surface area contributed by atoms with Gasteiger partial charge in [-0.05, 0) is 48.9 Å². The fraction of sp³-hybridized carbons (Fsp3) is 0.333. The third kappa shape index (κ3) is 2.98. The number of rotatable bonds is 4. The minimum Gasteiger partial charge on any atom is -0.343 e. The van der Waals surface area contributed by atoms with Crippen molar-refractivity contribution in [1.82, 2.24) is 14.5 Å². The van der Waals surface area contributed by atoms with E-state index in [1.807, 2.05) is 29.4 Å². The Morgan fingerprint density at radius 3 is 2.59 bits per heavy atom. The molecule has 0 N–H and O–H groups in total. The van der Waals surface area contributed by atoms with Crippen LogP contribution in [0.5, 0.6) is 0 Å². The van der Waals surface area contributed by atoms with Crippen molar-refractivity contribution in [3.05, 3.63) is 77.1 Å². The minimum absolute atomic E-state index is 0.254. The largest absolute Gasteiger partial charge is 0.343 e. The van der Waals surface area contributed by atoms with E-state index in [9.17, 15) is 4.79 Å². The Hall–Kier alpha value is -2.59. The molecular formula is C24H24ClN3O. The van der Waals surface area contributed by atoms with Gasteiger partial charge in [-0.15, -0.1) is 0 Å². The fourth-order valence-electron chi connectivity index (χ4n) is 4.99. The molecule has 0 bridgehead atoms. The van der Waals surface area contributed by atoms with Gasteiger partial charge in [-0.25, -0.2) is 4.98 Å². The number of benzene rings is 2. The Bertz CT molecular complexity index is 1040. The van der Waals surface area contributed by atoms with Crippen LogP contribution >= 0.6 is 11.6 Å². The quantitative estimate of drug-likeness (QED) is 0.605. The van der Waals surface area contributed by atoms with Crippen LogP contribution in [-0.2, 0) is 10.3 Å². The molecule has 2 aromatic carbocycles. The molecule has 1 aromatic heterocycles. The SMILES string of the molecule is O=C(CCC1(c2ccc(Cl)cc2)c2ccccc2-c2nccn21)N1CCCCC1. The summed E-state index contributed by atoms with van der Waals surface area (Å²) in [5.41, 5.74) is 3.03. The van der Waals surface area contributed by atoms with Crippen molar-refractivity contribution in [2.24, 2.45) is 0 Å². The average molecular weight is 406 g/mol. The molecule has 5 heteroatoms. The maximum atomic E-state index is 13.0. The molecule has 1 fully saturated rings. The maximum Gasteiger partial charge on any atom is 0.222 e. The number of piperidine rings is 1. The lowest BCUT2D eigenvalue weighted by atomic mass is 9.79. The zero-order chi connectivity index (χ0) is 19.8. The van der Waals surface area contributed by atoms with E-state index in [1.54, 1.807) is 0 Å². The molecule has 0 spiro atoms. The molecule has 0 radical (unpaired) electrons. The standard InChI is InChI=1S/C24H24ClN3O/c25-19-10-8-18(9-11-19)24(13-12-22(29)27-15-4-1-5-16-27)21-7-3-2-6-20(21)23-26-14-17-28(23)24/h2-3,6-11,14,17H,1,4-5,12-13,15-16H2. The number of halogens is 1. The van der Waals surface area contributed by atoms with Gasteiger partial charge in [0.1, 0.15) is 5.82 Å². The van der Waals surface area contributed by atoms with E-state index in [2.05, 4.69) is 45.9 Å². The summed E-state index contributed by atoms with van der Waals surface area (Å²) in [4.78, 5) is 19.7. The number of aromatic nitrogens is 2. The van der Waals surface area contributed by atoms with Crippen molar-refractivity contribution < 1.29 is 4.79 Å². The van der Waals surface area contributed by atoms with Gasteiger partial charge in [0.05, 0.1) is 5.54 Å². The number of carbonyl (C=O) groups is 1. The molecule has 2 aliphatic heterocycles. The smallest absolute Gasteiger partial charge is 0.222 e. The van der Waals surface area contributed by atoms with Crippen molar-refractivity contribution in [3.63, 3.8) is 0 Å². The molecule has 3 heterocycles. The number of hydrogen-bond acceptors (Lipinski definition) is 2. The Balaban J connectivity index is 1.58. The van der Waals surface area contributed by atoms with Crippen LogP contribution in [0, 0.1) is 0 Å². The Labute approximate surface area is 176 Å². The molecule has 1 saturated heterocycles. The second kappa shape index (κ2) is 7.34. The number of fused-ring (bicyclic) bond motifs is 3. The predicted octanol–water partition coefficient (Wildman–Crippen LogP) is 5.10. The number of carbonyl (C=O) groups excluding carboxylic acids is 1. The molecule has 148 valence electrons. The summed E-state index contributed by atoms with van der Waals surface area (Å²) in [7, 11) is 0. The highest BCUT2D eigenvalue weighted by Crippen LogP contribution is 2.49. The molecule has 1 amide bonds. The number of nitrogens with zero attached hydrogens (tertiary/aromatic N) is 3. The predicted molar refractivity (Wildman–Crippen MR) is 115 cm³/mol. The molecule has 29 heavy (non-hydrogen) atoms. The topological polar surface area (TPSA) is 38.1 Å². The summed E-state index contributed by atoms with van der Waals surface area (Å²) < 4.78 is 2.24. The Morgan fingerprint density at radius 1 is 1.03 bits per heavy atom. The zero-order valence-electron chi connectivity index (χ0n) is 16.4. The van der Waals surface area contributed by atoms with Gasteiger partial charge >= 0.3 is 0 Å². The molecule has 4 nitrogen and oxygen atoms in total. The number of imidazole rings is 1. The van der Waals surface area contributed by atoms with Gasteiger partial charge in [0.15, 0.2) is 0 Å². The first-order valence-corrected chi connectivity index (χ1v) is 10.8. The third-order valence-corrected chi connectivity index (χ3v) is 6.65. The molecule has 1 unspecified atom stereocenters. The molecule has 0 aliphatic carbocycles. The van der Waals surface area contributed by atoms with Crippen LogP contribution in [-0.4, -0.2) is 33.4 Å². The van der Waals surface area contributed by atoms with Crippen LogP contribution in [0.25, 0.3) is 11.4 Å². The van der Waals surface area contributed by atoms with Gasteiger partial charge < -0.3 is 9.47 Å². The first-order valence-electron chi connectivity index (χ1n) is 10.4. The van der Waals surface area contributed by atoms with Crippen LogP contribution in [0.2, 0.25) is 5.02 Å². The van der Waals surface area contributed by atoms with Gasteiger partial charge in [-0.3, -0.25) is 4.79 Å². The maximum absolute atomic E-state index is 13.0. The van der Waals surface area contributed by atoms with Gasteiger partial charge in [-0.2, -0.15) is 0 Å². The number of hydrogen-bond donors (Lipinski definition) is 0. The van der Waals surface area contributed by atoms with E-state index in [0.29, 0.717) is 17.9 Å². The van der Waals surface area contributed by atoms with E-state index >= 15 is 0 Å². The van der Waals surface area contributed by atoms with Crippen molar-refractivity contribution in [2.75, 3.05) is 13.1 Å². The first-order chi connectivity index (χ1) is 14.2. The first kappa shape index (κ1) is 18.4. The highest BCUT2D eigenvalue weighted by atomic mass is 35.5. The van der Waals surface area contributed by atoms with Gasteiger partial charge in [0, 0.05) is 42.5 Å². The second-order valence-electron chi connectivity index (χ2n) is 7.98. The van der Waals surface area contributed by atoms with Crippen LogP contribution in [0.1, 0.15) is 43.2 Å². The Kier molecular flexibility index (Phi) is 4.67. The van der Waals surface area contributed by atoms with E-state index in [-0.39, 0.29) is 5.91 Å². The molecule has 3 aromatic rings. The van der Waals surface area contributed by atoms with Crippen LogP contribution in [0.3, 0.4) is 0 Å². The summed E-state index contributed by atoms with van der Waals surface area (Å²) in [5, 5.41) is 0.713. The van der Waals surface area contributed by atoms with Crippen LogP contribution in [0.15, 0.2) is 60.9 Å². The lowest BCUT2D eigenvalue weighted by Gasteiger charge is -2.35. The van der Waals surface area contributed by atoms with Gasteiger partial charge in [0.25, 0.3) is 0 Å². The second-order valence-corrected chi connectivity index (χ2v) is 8.41. The van der Waals surface area contributed by atoms with Crippen molar-refractivity contribution >= 4 is 17.5 Å². The van der Waals surface area contributed by atoms with Gasteiger partial charge in [0.2, 0.25) is 5.91 Å². The average Bonchev–Trinajstić information content (AvgIpc) is 3.35. The summed E-state index contributed by atoms with van der Waals surface area (Å²) in [5.74, 6) is 1.21. The summed E-state index contributed by atoms with van der Waals surface area (Å²) in [6.07, 6.45) is 8.55. The molecule has 1 atom stereocenters. The van der Waals surface area contributed by atoms with E-state index < -0.39 is 5.54 Å². The molecule has 2 aliphatic rings. The summed E-state index contributed by atoms with van der Waals surface area (Å²) >= 11 is 6.19. The van der Waals surface area contributed by atoms with E-state index in [1.165, 1.54) is 12.0 Å². The fourth-order valence-corrected chi connectivity index (χ4v) is 5.11. The molecule has 0 saturated carbocycles. The van der Waals surface area contributed by atoms with Crippen molar-refractivity contribution in [2.45, 2.75) is 37.6 Å². The highest BCUT2D eigenvalue weighted by Gasteiger charge is 2.45. The third-order valence-electron chi connectivity index (χ3n) is 6.40. The van der Waals surface area contributed by atoms with Crippen LogP contribution in [0.4, 0.5) is 0 Å².